The number of methoxy groups -OCH3 is 1. The van der Waals surface area contributed by atoms with Crippen molar-refractivity contribution in [3.63, 3.8) is 0 Å². The Hall–Kier alpha value is -2.82. The summed E-state index contributed by atoms with van der Waals surface area (Å²) in [4.78, 5) is 29.7. The highest BCUT2D eigenvalue weighted by Gasteiger charge is 2.31. The summed E-state index contributed by atoms with van der Waals surface area (Å²) in [6.07, 6.45) is 0. The highest BCUT2D eigenvalue weighted by Crippen LogP contribution is 2.27. The fourth-order valence-corrected chi connectivity index (χ4v) is 3.74. The minimum absolute atomic E-state index is 0.0190. The molecule has 0 bridgehead atoms. The van der Waals surface area contributed by atoms with Gasteiger partial charge in [0.05, 0.1) is 13.0 Å². The van der Waals surface area contributed by atoms with Gasteiger partial charge >= 0.3 is 0 Å². The summed E-state index contributed by atoms with van der Waals surface area (Å²) >= 11 is 0. The first-order valence-corrected chi connectivity index (χ1v) is 9.78. The monoisotopic (exact) mass is 380 g/mol. The van der Waals surface area contributed by atoms with Crippen LogP contribution in [0.25, 0.3) is 0 Å². The second-order valence-corrected chi connectivity index (χ2v) is 7.48. The Kier molecular flexibility index (Phi) is 6.34. The van der Waals surface area contributed by atoms with Gasteiger partial charge in [-0.25, -0.2) is 0 Å². The molecule has 2 aromatic rings. The molecule has 1 heterocycles. The maximum Gasteiger partial charge on any atom is 0.254 e. The van der Waals surface area contributed by atoms with Gasteiger partial charge < -0.3 is 14.5 Å². The van der Waals surface area contributed by atoms with E-state index in [4.69, 9.17) is 4.74 Å². The summed E-state index contributed by atoms with van der Waals surface area (Å²) in [6, 6.07) is 17.1. The lowest BCUT2D eigenvalue weighted by atomic mass is 9.87. The number of piperazine rings is 1. The van der Waals surface area contributed by atoms with Crippen molar-refractivity contribution in [1.82, 2.24) is 9.80 Å². The van der Waals surface area contributed by atoms with Crippen molar-refractivity contribution >= 4 is 11.8 Å². The lowest BCUT2D eigenvalue weighted by molar-refractivity contribution is -0.135. The van der Waals surface area contributed by atoms with Crippen molar-refractivity contribution in [3.8, 4) is 5.75 Å². The second-order valence-electron chi connectivity index (χ2n) is 7.48. The molecule has 0 aliphatic carbocycles. The molecular weight excluding hydrogens is 352 g/mol. The van der Waals surface area contributed by atoms with Crippen molar-refractivity contribution in [2.45, 2.75) is 19.8 Å². The molecule has 5 heteroatoms. The molecule has 0 saturated carbocycles. The van der Waals surface area contributed by atoms with E-state index < -0.39 is 0 Å². The van der Waals surface area contributed by atoms with E-state index in [-0.39, 0.29) is 23.7 Å². The van der Waals surface area contributed by atoms with Crippen LogP contribution in [0.3, 0.4) is 0 Å². The van der Waals surface area contributed by atoms with Gasteiger partial charge in [0.25, 0.3) is 5.91 Å². The summed E-state index contributed by atoms with van der Waals surface area (Å²) in [5.41, 5.74) is 1.67. The lowest BCUT2D eigenvalue weighted by Gasteiger charge is -2.37. The zero-order valence-corrected chi connectivity index (χ0v) is 16.8. The van der Waals surface area contributed by atoms with E-state index in [9.17, 15) is 9.59 Å². The van der Waals surface area contributed by atoms with Gasteiger partial charge in [-0.3, -0.25) is 9.59 Å². The molecule has 1 unspecified atom stereocenters. The van der Waals surface area contributed by atoms with Crippen molar-refractivity contribution in [2.75, 3.05) is 33.3 Å². The van der Waals surface area contributed by atoms with E-state index in [0.717, 1.165) is 5.56 Å². The highest BCUT2D eigenvalue weighted by molar-refractivity contribution is 5.95. The summed E-state index contributed by atoms with van der Waals surface area (Å²) in [5.74, 6) is 0.861. The van der Waals surface area contributed by atoms with Gasteiger partial charge in [-0.15, -0.1) is 0 Å². The van der Waals surface area contributed by atoms with Crippen molar-refractivity contribution < 1.29 is 14.3 Å². The first-order chi connectivity index (χ1) is 13.5. The topological polar surface area (TPSA) is 49.9 Å². The second kappa shape index (κ2) is 8.91. The Bertz CT molecular complexity index is 812. The third-order valence-electron chi connectivity index (χ3n) is 5.29. The Morgan fingerprint density at radius 1 is 0.893 bits per heavy atom. The van der Waals surface area contributed by atoms with Gasteiger partial charge in [-0.05, 0) is 29.7 Å². The zero-order valence-electron chi connectivity index (χ0n) is 16.8. The van der Waals surface area contributed by atoms with Gasteiger partial charge in [0.1, 0.15) is 5.75 Å². The van der Waals surface area contributed by atoms with Crippen molar-refractivity contribution in [1.29, 1.82) is 0 Å². The number of ether oxygens (including phenoxy) is 1. The molecule has 0 spiro atoms. The van der Waals surface area contributed by atoms with E-state index in [0.29, 0.717) is 37.5 Å². The summed E-state index contributed by atoms with van der Waals surface area (Å²) in [5, 5.41) is 0. The summed E-state index contributed by atoms with van der Waals surface area (Å²) < 4.78 is 5.21. The van der Waals surface area contributed by atoms with Crippen LogP contribution in [0.15, 0.2) is 54.6 Å². The molecule has 3 rings (SSSR count). The maximum atomic E-state index is 13.2. The fraction of sp³-hybridized carbons (Fsp3) is 0.391. The standard InChI is InChI=1S/C23H28N2O3/c1-17(2)21(18-8-5-4-6-9-18)23(27)25-14-12-24(13-15-25)22(26)19-10-7-11-20(16-19)28-3/h4-11,16-17,21H,12-15H2,1-3H3. The predicted molar refractivity (Wildman–Crippen MR) is 109 cm³/mol. The largest absolute Gasteiger partial charge is 0.497 e. The number of rotatable bonds is 5. The molecule has 148 valence electrons. The number of hydrogen-bond donors (Lipinski definition) is 0. The molecule has 2 amide bonds. The average Bonchev–Trinajstić information content (AvgIpc) is 2.74. The summed E-state index contributed by atoms with van der Waals surface area (Å²) in [7, 11) is 1.59. The molecule has 0 radical (unpaired) electrons. The smallest absolute Gasteiger partial charge is 0.254 e. The van der Waals surface area contributed by atoms with Crippen LogP contribution in [0.4, 0.5) is 0 Å². The molecule has 1 atom stereocenters. The maximum absolute atomic E-state index is 13.2. The van der Waals surface area contributed by atoms with Crippen molar-refractivity contribution in [2.24, 2.45) is 5.92 Å². The number of nitrogens with zero attached hydrogens (tertiary/aromatic N) is 2. The van der Waals surface area contributed by atoms with E-state index in [1.807, 2.05) is 52.3 Å². The lowest BCUT2D eigenvalue weighted by Crippen LogP contribution is -2.52. The molecule has 1 aliphatic rings. The molecule has 1 aliphatic heterocycles. The van der Waals surface area contributed by atoms with E-state index in [1.54, 1.807) is 19.2 Å². The highest BCUT2D eigenvalue weighted by atomic mass is 16.5. The molecule has 2 aromatic carbocycles. The SMILES string of the molecule is COc1cccc(C(=O)N2CCN(C(=O)C(c3ccccc3)C(C)C)CC2)c1. The van der Waals surface area contributed by atoms with Gasteiger partial charge in [0.15, 0.2) is 0 Å². The van der Waals surface area contributed by atoms with Crippen LogP contribution in [0.2, 0.25) is 0 Å². The van der Waals surface area contributed by atoms with Crippen LogP contribution < -0.4 is 4.74 Å². The van der Waals surface area contributed by atoms with Crippen molar-refractivity contribution in [3.05, 3.63) is 65.7 Å². The molecule has 0 N–H and O–H groups in total. The first kappa shape index (κ1) is 19.9. The van der Waals surface area contributed by atoms with E-state index >= 15 is 0 Å². The molecule has 28 heavy (non-hydrogen) atoms. The molecule has 1 saturated heterocycles. The van der Waals surface area contributed by atoms with Crippen LogP contribution in [-0.2, 0) is 4.79 Å². The van der Waals surface area contributed by atoms with Crippen LogP contribution in [0.1, 0.15) is 35.7 Å². The Labute approximate surface area is 166 Å². The third-order valence-corrected chi connectivity index (χ3v) is 5.29. The Morgan fingerprint density at radius 2 is 1.54 bits per heavy atom. The minimum Gasteiger partial charge on any atom is -0.497 e. The average molecular weight is 380 g/mol. The number of amides is 2. The van der Waals surface area contributed by atoms with Gasteiger partial charge in [-0.2, -0.15) is 0 Å². The summed E-state index contributed by atoms with van der Waals surface area (Å²) in [6.45, 7) is 6.37. The van der Waals surface area contributed by atoms with Crippen LogP contribution in [-0.4, -0.2) is 54.9 Å². The number of benzene rings is 2. The zero-order chi connectivity index (χ0) is 20.1. The molecule has 5 nitrogen and oxygen atoms in total. The Balaban J connectivity index is 1.65. The Morgan fingerprint density at radius 3 is 2.14 bits per heavy atom. The molecular formula is C23H28N2O3. The van der Waals surface area contributed by atoms with Crippen LogP contribution in [0.5, 0.6) is 5.75 Å². The van der Waals surface area contributed by atoms with E-state index in [2.05, 4.69) is 13.8 Å². The van der Waals surface area contributed by atoms with Crippen LogP contribution in [0, 0.1) is 5.92 Å². The minimum atomic E-state index is -0.151. The van der Waals surface area contributed by atoms with Gasteiger partial charge in [0, 0.05) is 31.7 Å². The number of carbonyl (C=O) groups excluding carboxylic acids is 2. The fourth-order valence-electron chi connectivity index (χ4n) is 3.74. The quantitative estimate of drug-likeness (QED) is 0.799. The van der Waals surface area contributed by atoms with Gasteiger partial charge in [-0.1, -0.05) is 50.2 Å². The molecule has 0 aromatic heterocycles. The van der Waals surface area contributed by atoms with Crippen LogP contribution >= 0.6 is 0 Å². The number of carbonyl (C=O) groups is 2. The third kappa shape index (κ3) is 4.35. The van der Waals surface area contributed by atoms with E-state index in [1.165, 1.54) is 0 Å². The number of hydrogen-bond acceptors (Lipinski definition) is 3. The normalized spacial score (nSPS) is 15.4. The molecule has 1 fully saturated rings. The predicted octanol–water partition coefficient (Wildman–Crippen LogP) is 3.42. The first-order valence-electron chi connectivity index (χ1n) is 9.78. The van der Waals surface area contributed by atoms with Gasteiger partial charge in [0.2, 0.25) is 5.91 Å².